The SMILES string of the molecule is COc1ccc(NCC(=O)NN=Cc2cccc(C)c2)cc1. The highest BCUT2D eigenvalue weighted by atomic mass is 16.5. The maximum Gasteiger partial charge on any atom is 0.259 e. The Labute approximate surface area is 130 Å². The molecular formula is C17H19N3O2. The summed E-state index contributed by atoms with van der Waals surface area (Å²) in [6.45, 7) is 2.16. The summed E-state index contributed by atoms with van der Waals surface area (Å²) in [6, 6.07) is 15.2. The van der Waals surface area contributed by atoms with Crippen molar-refractivity contribution in [1.82, 2.24) is 5.43 Å². The number of amides is 1. The number of aryl methyl sites for hydroxylation is 1. The predicted molar refractivity (Wildman–Crippen MR) is 88.4 cm³/mol. The second-order valence-corrected chi connectivity index (χ2v) is 4.79. The summed E-state index contributed by atoms with van der Waals surface area (Å²) in [6.07, 6.45) is 1.62. The number of carbonyl (C=O) groups excluding carboxylic acids is 1. The molecule has 0 saturated heterocycles. The first-order valence-electron chi connectivity index (χ1n) is 6.94. The number of ether oxygens (including phenoxy) is 1. The van der Waals surface area contributed by atoms with E-state index in [2.05, 4.69) is 15.8 Å². The Morgan fingerprint density at radius 2 is 2.00 bits per heavy atom. The number of rotatable bonds is 6. The zero-order chi connectivity index (χ0) is 15.8. The standard InChI is InChI=1S/C17H19N3O2/c1-13-4-3-5-14(10-13)11-19-20-17(21)12-18-15-6-8-16(22-2)9-7-15/h3-11,18H,12H2,1-2H3,(H,20,21). The van der Waals surface area contributed by atoms with Gasteiger partial charge >= 0.3 is 0 Å². The quantitative estimate of drug-likeness (QED) is 0.636. The van der Waals surface area contributed by atoms with E-state index < -0.39 is 0 Å². The van der Waals surface area contributed by atoms with Crippen LogP contribution in [0.1, 0.15) is 11.1 Å². The summed E-state index contributed by atoms with van der Waals surface area (Å²) in [4.78, 5) is 11.7. The van der Waals surface area contributed by atoms with E-state index in [1.807, 2.05) is 55.5 Å². The van der Waals surface area contributed by atoms with Gasteiger partial charge in [-0.1, -0.05) is 29.8 Å². The first-order chi connectivity index (χ1) is 10.7. The number of hydrazone groups is 1. The molecule has 0 bridgehead atoms. The van der Waals surface area contributed by atoms with Crippen LogP contribution in [0, 0.1) is 6.92 Å². The van der Waals surface area contributed by atoms with Gasteiger partial charge in [-0.3, -0.25) is 4.79 Å². The van der Waals surface area contributed by atoms with Gasteiger partial charge in [0.05, 0.1) is 19.9 Å². The first kappa shape index (κ1) is 15.6. The minimum absolute atomic E-state index is 0.150. The van der Waals surface area contributed by atoms with E-state index in [0.29, 0.717) is 0 Å². The van der Waals surface area contributed by atoms with Gasteiger partial charge in [-0.25, -0.2) is 5.43 Å². The van der Waals surface area contributed by atoms with Crippen molar-refractivity contribution < 1.29 is 9.53 Å². The van der Waals surface area contributed by atoms with E-state index in [1.54, 1.807) is 13.3 Å². The molecule has 0 aliphatic heterocycles. The molecule has 0 radical (unpaired) electrons. The molecule has 1 amide bonds. The number of carbonyl (C=O) groups is 1. The topological polar surface area (TPSA) is 62.7 Å². The van der Waals surface area contributed by atoms with Gasteiger partial charge in [0, 0.05) is 5.69 Å². The Morgan fingerprint density at radius 3 is 2.68 bits per heavy atom. The minimum atomic E-state index is -0.209. The molecule has 0 saturated carbocycles. The summed E-state index contributed by atoms with van der Waals surface area (Å²) in [7, 11) is 1.61. The van der Waals surface area contributed by atoms with Crippen LogP contribution < -0.4 is 15.5 Å². The molecule has 2 rings (SSSR count). The molecule has 22 heavy (non-hydrogen) atoms. The highest BCUT2D eigenvalue weighted by Gasteiger charge is 1.99. The average Bonchev–Trinajstić information content (AvgIpc) is 2.53. The fourth-order valence-electron chi connectivity index (χ4n) is 1.86. The van der Waals surface area contributed by atoms with Crippen molar-refractivity contribution in [2.45, 2.75) is 6.92 Å². The van der Waals surface area contributed by atoms with E-state index in [4.69, 9.17) is 4.74 Å². The number of nitrogens with zero attached hydrogens (tertiary/aromatic N) is 1. The van der Waals surface area contributed by atoms with Gasteiger partial charge in [-0.2, -0.15) is 5.10 Å². The molecule has 5 nitrogen and oxygen atoms in total. The third-order valence-corrected chi connectivity index (χ3v) is 2.99. The third kappa shape index (κ3) is 4.94. The molecule has 0 aliphatic rings. The van der Waals surface area contributed by atoms with Gasteiger partial charge in [0.2, 0.25) is 0 Å². The number of benzene rings is 2. The van der Waals surface area contributed by atoms with Gasteiger partial charge in [0.1, 0.15) is 5.75 Å². The molecule has 0 aromatic heterocycles. The molecular weight excluding hydrogens is 278 g/mol. The molecule has 0 fully saturated rings. The van der Waals surface area contributed by atoms with E-state index >= 15 is 0 Å². The Morgan fingerprint density at radius 1 is 1.23 bits per heavy atom. The van der Waals surface area contributed by atoms with Crippen molar-refractivity contribution >= 4 is 17.8 Å². The Bertz CT molecular complexity index is 651. The zero-order valence-electron chi connectivity index (χ0n) is 12.7. The number of anilines is 1. The van der Waals surface area contributed by atoms with Crippen LogP contribution in [0.4, 0.5) is 5.69 Å². The largest absolute Gasteiger partial charge is 0.497 e. The molecule has 5 heteroatoms. The lowest BCUT2D eigenvalue weighted by Gasteiger charge is -2.06. The van der Waals surface area contributed by atoms with Crippen LogP contribution in [0.3, 0.4) is 0 Å². The first-order valence-corrected chi connectivity index (χ1v) is 6.94. The van der Waals surface area contributed by atoms with E-state index in [0.717, 1.165) is 22.6 Å². The average molecular weight is 297 g/mol. The Kier molecular flexibility index (Phi) is 5.54. The predicted octanol–water partition coefficient (Wildman–Crippen LogP) is 2.57. The molecule has 2 aromatic rings. The van der Waals surface area contributed by atoms with Gasteiger partial charge in [-0.05, 0) is 36.8 Å². The van der Waals surface area contributed by atoms with Crippen LogP contribution in [0.25, 0.3) is 0 Å². The zero-order valence-corrected chi connectivity index (χ0v) is 12.7. The Balaban J connectivity index is 1.77. The van der Waals surface area contributed by atoms with E-state index in [1.165, 1.54) is 0 Å². The Hall–Kier alpha value is -2.82. The fraction of sp³-hybridized carbons (Fsp3) is 0.176. The third-order valence-electron chi connectivity index (χ3n) is 2.99. The second kappa shape index (κ2) is 7.83. The molecule has 0 spiro atoms. The molecule has 2 N–H and O–H groups in total. The summed E-state index contributed by atoms with van der Waals surface area (Å²) in [5.41, 5.74) is 5.43. The van der Waals surface area contributed by atoms with E-state index in [-0.39, 0.29) is 12.5 Å². The van der Waals surface area contributed by atoms with Crippen molar-refractivity contribution in [3.63, 3.8) is 0 Å². The van der Waals surface area contributed by atoms with Crippen molar-refractivity contribution in [1.29, 1.82) is 0 Å². The molecule has 2 aromatic carbocycles. The highest BCUT2D eigenvalue weighted by Crippen LogP contribution is 2.14. The van der Waals surface area contributed by atoms with Gasteiger partial charge in [0.15, 0.2) is 0 Å². The number of methoxy groups -OCH3 is 1. The number of hydrogen-bond acceptors (Lipinski definition) is 4. The van der Waals surface area contributed by atoms with Crippen LogP contribution in [0.5, 0.6) is 5.75 Å². The number of hydrogen-bond donors (Lipinski definition) is 2. The molecule has 0 heterocycles. The minimum Gasteiger partial charge on any atom is -0.497 e. The van der Waals surface area contributed by atoms with Gasteiger partial charge in [0.25, 0.3) is 5.91 Å². The monoisotopic (exact) mass is 297 g/mol. The summed E-state index contributed by atoms with van der Waals surface area (Å²) < 4.78 is 5.07. The lowest BCUT2D eigenvalue weighted by molar-refractivity contribution is -0.119. The maximum atomic E-state index is 11.7. The van der Waals surface area contributed by atoms with Crippen molar-refractivity contribution in [2.75, 3.05) is 19.0 Å². The van der Waals surface area contributed by atoms with Crippen LogP contribution in [0.2, 0.25) is 0 Å². The highest BCUT2D eigenvalue weighted by molar-refractivity contribution is 5.84. The lowest BCUT2D eigenvalue weighted by atomic mass is 10.2. The maximum absolute atomic E-state index is 11.7. The summed E-state index contributed by atoms with van der Waals surface area (Å²) in [5.74, 6) is 0.567. The van der Waals surface area contributed by atoms with E-state index in [9.17, 15) is 4.79 Å². The van der Waals surface area contributed by atoms with Gasteiger partial charge < -0.3 is 10.1 Å². The molecule has 114 valence electrons. The van der Waals surface area contributed by atoms with Crippen molar-refractivity contribution in [3.05, 3.63) is 59.7 Å². The fourth-order valence-corrected chi connectivity index (χ4v) is 1.86. The van der Waals surface area contributed by atoms with Gasteiger partial charge in [-0.15, -0.1) is 0 Å². The molecule has 0 atom stereocenters. The second-order valence-electron chi connectivity index (χ2n) is 4.79. The van der Waals surface area contributed by atoms with Crippen LogP contribution in [0.15, 0.2) is 53.6 Å². The van der Waals surface area contributed by atoms with Crippen molar-refractivity contribution in [2.24, 2.45) is 5.10 Å². The van der Waals surface area contributed by atoms with Crippen molar-refractivity contribution in [3.8, 4) is 5.75 Å². The normalized spacial score (nSPS) is 10.5. The van der Waals surface area contributed by atoms with Crippen LogP contribution in [-0.2, 0) is 4.79 Å². The molecule has 0 aliphatic carbocycles. The lowest BCUT2D eigenvalue weighted by Crippen LogP contribution is -2.25. The van der Waals surface area contributed by atoms with Crippen LogP contribution >= 0.6 is 0 Å². The smallest absolute Gasteiger partial charge is 0.259 e. The van der Waals surface area contributed by atoms with Crippen LogP contribution in [-0.4, -0.2) is 25.8 Å². The molecule has 0 unspecified atom stereocenters. The number of nitrogens with one attached hydrogen (secondary N) is 2. The summed E-state index contributed by atoms with van der Waals surface area (Å²) in [5, 5.41) is 6.95. The summed E-state index contributed by atoms with van der Waals surface area (Å²) >= 11 is 0.